The molecule has 0 saturated carbocycles. The molecule has 6 N–H and O–H groups in total. The van der Waals surface area contributed by atoms with Gasteiger partial charge in [0.15, 0.2) is 5.96 Å². The number of hydrogen-bond acceptors (Lipinski definition) is 1. The number of rotatable bonds is 3. The topological polar surface area (TPSA) is 103 Å². The molecule has 0 aromatic heterocycles. The fourth-order valence-electron chi connectivity index (χ4n) is 1.16. The van der Waals surface area contributed by atoms with Gasteiger partial charge in [0.2, 0.25) is 5.96 Å². The maximum absolute atomic E-state index is 5.92. The molecule has 0 aliphatic carbocycles. The minimum atomic E-state index is -0.0905. The second kappa shape index (κ2) is 6.65. The molecular weight excluding hydrogens is 353 g/mol. The van der Waals surface area contributed by atoms with Crippen LogP contribution in [0, 0.1) is 3.57 Å². The summed E-state index contributed by atoms with van der Waals surface area (Å²) in [7, 11) is 0. The molecule has 0 bridgehead atoms. The normalized spacial score (nSPS) is 11.3. The van der Waals surface area contributed by atoms with Crippen LogP contribution in [0.25, 0.3) is 0 Å². The van der Waals surface area contributed by atoms with Gasteiger partial charge < -0.3 is 17.2 Å². The average Bonchev–Trinajstić information content (AvgIpc) is 2.22. The van der Waals surface area contributed by atoms with E-state index in [0.717, 1.165) is 20.6 Å². The molecule has 0 aliphatic heterocycles. The lowest BCUT2D eigenvalue weighted by Crippen LogP contribution is -2.26. The Hall–Kier alpha value is -1.02. The number of benzene rings is 1. The standard InChI is InChI=1S/C10H13ClIN5/c11-7-2-1-6(5-8(7)12)3-4-16-10(15)17-9(13)14/h1-2,5H,3-4H2,(H6,13,14,15,16,17). The molecule has 5 nitrogen and oxygen atoms in total. The lowest BCUT2D eigenvalue weighted by molar-refractivity contribution is 0.961. The van der Waals surface area contributed by atoms with Crippen molar-refractivity contribution < 1.29 is 0 Å². The molecule has 1 rings (SSSR count). The first kappa shape index (κ1) is 14.0. The minimum Gasteiger partial charge on any atom is -0.370 e. The number of aliphatic imine (C=N–C) groups is 2. The predicted molar refractivity (Wildman–Crippen MR) is 80.2 cm³/mol. The molecule has 0 radical (unpaired) electrons. The molecule has 1 aromatic rings. The van der Waals surface area contributed by atoms with Crippen molar-refractivity contribution in [1.29, 1.82) is 0 Å². The quantitative estimate of drug-likeness (QED) is 0.424. The number of guanidine groups is 2. The summed E-state index contributed by atoms with van der Waals surface area (Å²) in [6, 6.07) is 5.83. The van der Waals surface area contributed by atoms with Crippen LogP contribution in [-0.4, -0.2) is 18.5 Å². The van der Waals surface area contributed by atoms with Crippen LogP contribution in [-0.2, 0) is 6.42 Å². The van der Waals surface area contributed by atoms with E-state index in [1.165, 1.54) is 0 Å². The van der Waals surface area contributed by atoms with Gasteiger partial charge in [-0.15, -0.1) is 0 Å². The van der Waals surface area contributed by atoms with Gasteiger partial charge in [-0.05, 0) is 46.7 Å². The Kier molecular flexibility index (Phi) is 5.49. The van der Waals surface area contributed by atoms with Gasteiger partial charge in [0.1, 0.15) is 0 Å². The first-order chi connectivity index (χ1) is 7.99. The van der Waals surface area contributed by atoms with E-state index in [4.69, 9.17) is 28.8 Å². The summed E-state index contributed by atoms with van der Waals surface area (Å²) >= 11 is 8.11. The number of nitrogens with two attached hydrogens (primary N) is 3. The first-order valence-electron chi connectivity index (χ1n) is 4.82. The molecule has 0 atom stereocenters. The summed E-state index contributed by atoms with van der Waals surface area (Å²) < 4.78 is 1.02. The Balaban J connectivity index is 2.56. The van der Waals surface area contributed by atoms with E-state index in [1.807, 2.05) is 18.2 Å². The third-order valence-electron chi connectivity index (χ3n) is 1.90. The van der Waals surface area contributed by atoms with E-state index < -0.39 is 0 Å². The summed E-state index contributed by atoms with van der Waals surface area (Å²) in [5.41, 5.74) is 16.9. The van der Waals surface area contributed by atoms with Crippen LogP contribution in [0.5, 0.6) is 0 Å². The van der Waals surface area contributed by atoms with Crippen LogP contribution < -0.4 is 17.2 Å². The Morgan fingerprint density at radius 2 is 2.00 bits per heavy atom. The molecule has 0 saturated heterocycles. The highest BCUT2D eigenvalue weighted by atomic mass is 127. The summed E-state index contributed by atoms with van der Waals surface area (Å²) in [5.74, 6) is 0.000881. The number of hydrogen-bond donors (Lipinski definition) is 3. The van der Waals surface area contributed by atoms with E-state index in [9.17, 15) is 0 Å². The van der Waals surface area contributed by atoms with Gasteiger partial charge in [-0.3, -0.25) is 4.99 Å². The highest BCUT2D eigenvalue weighted by Crippen LogP contribution is 2.19. The molecule has 0 spiro atoms. The molecule has 0 unspecified atom stereocenters. The lowest BCUT2D eigenvalue weighted by Gasteiger charge is -2.01. The highest BCUT2D eigenvalue weighted by Gasteiger charge is 1.98. The number of nitrogens with zero attached hydrogens (tertiary/aromatic N) is 2. The Morgan fingerprint density at radius 1 is 1.29 bits per heavy atom. The molecule has 0 fully saturated rings. The van der Waals surface area contributed by atoms with Crippen molar-refractivity contribution in [3.8, 4) is 0 Å². The van der Waals surface area contributed by atoms with Gasteiger partial charge in [-0.1, -0.05) is 17.7 Å². The fourth-order valence-corrected chi connectivity index (χ4v) is 1.86. The second-order valence-electron chi connectivity index (χ2n) is 3.28. The molecule has 92 valence electrons. The fraction of sp³-hybridized carbons (Fsp3) is 0.200. The SMILES string of the molecule is NC(N)=NC(N)=NCCc1ccc(Cl)c(I)c1. The monoisotopic (exact) mass is 365 g/mol. The van der Waals surface area contributed by atoms with E-state index >= 15 is 0 Å². The summed E-state index contributed by atoms with van der Waals surface area (Å²) in [6.07, 6.45) is 0.758. The van der Waals surface area contributed by atoms with Crippen LogP contribution in [0.15, 0.2) is 28.2 Å². The molecule has 17 heavy (non-hydrogen) atoms. The lowest BCUT2D eigenvalue weighted by atomic mass is 10.1. The molecule has 1 aromatic carbocycles. The third kappa shape index (κ3) is 5.22. The van der Waals surface area contributed by atoms with Gasteiger partial charge in [0.05, 0.1) is 5.02 Å². The van der Waals surface area contributed by atoms with Crippen molar-refractivity contribution in [2.75, 3.05) is 6.54 Å². The minimum absolute atomic E-state index is 0.0905. The van der Waals surface area contributed by atoms with E-state index in [0.29, 0.717) is 6.54 Å². The zero-order chi connectivity index (χ0) is 12.8. The van der Waals surface area contributed by atoms with Crippen LogP contribution in [0.3, 0.4) is 0 Å². The van der Waals surface area contributed by atoms with E-state index in [1.54, 1.807) is 0 Å². The van der Waals surface area contributed by atoms with Gasteiger partial charge in [0.25, 0.3) is 0 Å². The van der Waals surface area contributed by atoms with Gasteiger partial charge in [-0.25, -0.2) is 0 Å². The van der Waals surface area contributed by atoms with Crippen molar-refractivity contribution in [2.24, 2.45) is 27.2 Å². The van der Waals surface area contributed by atoms with Crippen LogP contribution >= 0.6 is 34.2 Å². The maximum Gasteiger partial charge on any atom is 0.218 e. The van der Waals surface area contributed by atoms with Crippen molar-refractivity contribution >= 4 is 46.1 Å². The first-order valence-corrected chi connectivity index (χ1v) is 6.28. The molecule has 7 heteroatoms. The summed E-state index contributed by atoms with van der Waals surface area (Å²) in [4.78, 5) is 7.64. The Bertz CT molecular complexity index is 454. The highest BCUT2D eigenvalue weighted by molar-refractivity contribution is 14.1. The molecule has 0 heterocycles. The van der Waals surface area contributed by atoms with E-state index in [-0.39, 0.29) is 11.9 Å². The zero-order valence-electron chi connectivity index (χ0n) is 9.03. The third-order valence-corrected chi connectivity index (χ3v) is 3.44. The van der Waals surface area contributed by atoms with Crippen molar-refractivity contribution in [2.45, 2.75) is 6.42 Å². The second-order valence-corrected chi connectivity index (χ2v) is 4.84. The van der Waals surface area contributed by atoms with Crippen LogP contribution in [0.1, 0.15) is 5.56 Å². The smallest absolute Gasteiger partial charge is 0.218 e. The molecular formula is C10H13ClIN5. The van der Waals surface area contributed by atoms with Crippen molar-refractivity contribution in [3.63, 3.8) is 0 Å². The van der Waals surface area contributed by atoms with Gasteiger partial charge in [0, 0.05) is 10.1 Å². The van der Waals surface area contributed by atoms with Crippen molar-refractivity contribution in [3.05, 3.63) is 32.4 Å². The Morgan fingerprint density at radius 3 is 2.59 bits per heavy atom. The molecule has 0 amide bonds. The van der Waals surface area contributed by atoms with Gasteiger partial charge >= 0.3 is 0 Å². The average molecular weight is 366 g/mol. The predicted octanol–water partition coefficient (Wildman–Crippen LogP) is 1.08. The Labute approximate surface area is 118 Å². The van der Waals surface area contributed by atoms with E-state index in [2.05, 4.69) is 32.6 Å². The number of halogens is 2. The van der Waals surface area contributed by atoms with Crippen molar-refractivity contribution in [1.82, 2.24) is 0 Å². The summed E-state index contributed by atoms with van der Waals surface area (Å²) in [6.45, 7) is 0.528. The largest absolute Gasteiger partial charge is 0.370 e. The summed E-state index contributed by atoms with van der Waals surface area (Å²) in [5, 5.41) is 0.748. The molecule has 0 aliphatic rings. The zero-order valence-corrected chi connectivity index (χ0v) is 11.9. The van der Waals surface area contributed by atoms with Crippen LogP contribution in [0.4, 0.5) is 0 Å². The van der Waals surface area contributed by atoms with Gasteiger partial charge in [-0.2, -0.15) is 4.99 Å². The van der Waals surface area contributed by atoms with Crippen LogP contribution in [0.2, 0.25) is 5.02 Å². The maximum atomic E-state index is 5.92.